The zero-order valence-electron chi connectivity index (χ0n) is 16.5. The van der Waals surface area contributed by atoms with Crippen molar-refractivity contribution in [1.29, 1.82) is 0 Å². The van der Waals surface area contributed by atoms with E-state index in [1.807, 2.05) is 0 Å². The summed E-state index contributed by atoms with van der Waals surface area (Å²) in [5.41, 5.74) is 1.35. The summed E-state index contributed by atoms with van der Waals surface area (Å²) < 4.78 is 20.8. The van der Waals surface area contributed by atoms with Crippen LogP contribution in [0.1, 0.15) is 27.0 Å². The Morgan fingerprint density at radius 1 is 1.07 bits per heavy atom. The minimum absolute atomic E-state index is 0.159. The second-order valence-electron chi connectivity index (χ2n) is 6.50. The molecular weight excluding hydrogens is 376 g/mol. The quantitative estimate of drug-likeness (QED) is 0.371. The number of hydrogen-bond donors (Lipinski definition) is 0. The Morgan fingerprint density at radius 3 is 2.52 bits per heavy atom. The molecule has 0 aliphatic heterocycles. The van der Waals surface area contributed by atoms with Crippen molar-refractivity contribution in [2.75, 3.05) is 14.2 Å². The van der Waals surface area contributed by atoms with Crippen molar-refractivity contribution in [1.82, 2.24) is 0 Å². The van der Waals surface area contributed by atoms with E-state index in [4.69, 9.17) is 13.9 Å². The van der Waals surface area contributed by atoms with Crippen molar-refractivity contribution < 1.29 is 28.2 Å². The largest absolute Gasteiger partial charge is 0.497 e. The average molecular weight is 396 g/mol. The van der Waals surface area contributed by atoms with Crippen LogP contribution in [0.15, 0.2) is 45.6 Å². The van der Waals surface area contributed by atoms with E-state index >= 15 is 0 Å². The first-order valence-electron chi connectivity index (χ1n) is 8.84. The van der Waals surface area contributed by atoms with E-state index < -0.39 is 17.6 Å². The molecule has 7 nitrogen and oxygen atoms in total. The molecule has 1 heterocycles. The van der Waals surface area contributed by atoms with E-state index in [1.165, 1.54) is 14.2 Å². The lowest BCUT2D eigenvalue weighted by Crippen LogP contribution is -2.17. The molecule has 0 saturated carbocycles. The summed E-state index contributed by atoms with van der Waals surface area (Å²) in [5.74, 6) is -0.394. The van der Waals surface area contributed by atoms with Crippen LogP contribution in [-0.4, -0.2) is 26.2 Å². The van der Waals surface area contributed by atoms with Crippen LogP contribution in [0, 0.1) is 13.8 Å². The number of ether oxygens (including phenoxy) is 3. The van der Waals surface area contributed by atoms with Crippen LogP contribution in [0.5, 0.6) is 11.5 Å². The number of benzene rings is 2. The predicted molar refractivity (Wildman–Crippen MR) is 106 cm³/mol. The summed E-state index contributed by atoms with van der Waals surface area (Å²) in [4.78, 5) is 36.7. The van der Waals surface area contributed by atoms with Crippen LogP contribution >= 0.6 is 0 Å². The SMILES string of the molecule is COC(=O)Cc1c(C)c2c(OC(=O)c3cccc(OC)c3)cc(C)cc2oc1=O. The normalized spacial score (nSPS) is 10.6. The molecule has 1 aromatic heterocycles. The maximum atomic E-state index is 12.7. The number of rotatable bonds is 5. The van der Waals surface area contributed by atoms with Crippen molar-refractivity contribution in [2.24, 2.45) is 0 Å². The van der Waals surface area contributed by atoms with E-state index in [1.54, 1.807) is 50.2 Å². The Hall–Kier alpha value is -3.61. The van der Waals surface area contributed by atoms with Gasteiger partial charge >= 0.3 is 17.6 Å². The average Bonchev–Trinajstić information content (AvgIpc) is 2.70. The minimum atomic E-state index is -0.629. The summed E-state index contributed by atoms with van der Waals surface area (Å²) >= 11 is 0. The van der Waals surface area contributed by atoms with Crippen molar-refractivity contribution in [3.63, 3.8) is 0 Å². The Balaban J connectivity index is 2.11. The highest BCUT2D eigenvalue weighted by Crippen LogP contribution is 2.32. The fourth-order valence-corrected chi connectivity index (χ4v) is 3.05. The van der Waals surface area contributed by atoms with Gasteiger partial charge < -0.3 is 18.6 Å². The van der Waals surface area contributed by atoms with Gasteiger partial charge in [0, 0.05) is 0 Å². The molecule has 29 heavy (non-hydrogen) atoms. The number of carbonyl (C=O) groups is 2. The van der Waals surface area contributed by atoms with E-state index in [9.17, 15) is 14.4 Å². The van der Waals surface area contributed by atoms with Crippen LogP contribution in [-0.2, 0) is 16.0 Å². The molecule has 150 valence electrons. The summed E-state index contributed by atoms with van der Waals surface area (Å²) in [5, 5.41) is 0.449. The van der Waals surface area contributed by atoms with Crippen molar-refractivity contribution >= 4 is 22.9 Å². The molecule has 0 aliphatic rings. The summed E-state index contributed by atoms with van der Waals surface area (Å²) in [6.45, 7) is 3.47. The monoisotopic (exact) mass is 396 g/mol. The highest BCUT2D eigenvalue weighted by Gasteiger charge is 2.20. The molecule has 0 saturated heterocycles. The Morgan fingerprint density at radius 2 is 1.83 bits per heavy atom. The number of methoxy groups -OCH3 is 2. The maximum absolute atomic E-state index is 12.7. The third kappa shape index (κ3) is 4.13. The number of esters is 2. The standard InChI is InChI=1S/C22H20O7/c1-12-8-17(28-21(24)14-6-5-7-15(10-14)26-3)20-13(2)16(11-19(23)27-4)22(25)29-18(20)9-12/h5-10H,11H2,1-4H3. The van der Waals surface area contributed by atoms with Gasteiger partial charge in [0.15, 0.2) is 0 Å². The van der Waals surface area contributed by atoms with Gasteiger partial charge in [0.2, 0.25) is 0 Å². The zero-order chi connectivity index (χ0) is 21.1. The second kappa shape index (κ2) is 8.18. The van der Waals surface area contributed by atoms with Crippen LogP contribution < -0.4 is 15.1 Å². The van der Waals surface area contributed by atoms with Gasteiger partial charge in [0.05, 0.1) is 37.2 Å². The van der Waals surface area contributed by atoms with Crippen molar-refractivity contribution in [2.45, 2.75) is 20.3 Å². The van der Waals surface area contributed by atoms with Crippen LogP contribution in [0.3, 0.4) is 0 Å². The van der Waals surface area contributed by atoms with Crippen LogP contribution in [0.25, 0.3) is 11.0 Å². The molecule has 0 bridgehead atoms. The molecule has 0 aliphatic carbocycles. The Bertz CT molecular complexity index is 1160. The molecule has 7 heteroatoms. The fraction of sp³-hybridized carbons (Fsp3) is 0.227. The maximum Gasteiger partial charge on any atom is 0.343 e. The first-order chi connectivity index (χ1) is 13.8. The first-order valence-corrected chi connectivity index (χ1v) is 8.84. The van der Waals surface area contributed by atoms with Gasteiger partial charge in [0.25, 0.3) is 0 Å². The summed E-state index contributed by atoms with van der Waals surface area (Å²) in [6.07, 6.45) is -0.238. The number of aryl methyl sites for hydroxylation is 2. The topological polar surface area (TPSA) is 92.0 Å². The third-order valence-electron chi connectivity index (χ3n) is 4.54. The fourth-order valence-electron chi connectivity index (χ4n) is 3.05. The second-order valence-corrected chi connectivity index (χ2v) is 6.50. The van der Waals surface area contributed by atoms with E-state index in [-0.39, 0.29) is 23.3 Å². The summed E-state index contributed by atoms with van der Waals surface area (Å²) in [7, 11) is 2.75. The Kier molecular flexibility index (Phi) is 5.68. The molecule has 0 N–H and O–H groups in total. The molecule has 0 unspecified atom stereocenters. The van der Waals surface area contributed by atoms with Crippen LogP contribution in [0.4, 0.5) is 0 Å². The molecule has 3 rings (SSSR count). The predicted octanol–water partition coefficient (Wildman–Crippen LogP) is 3.35. The van der Waals surface area contributed by atoms with Gasteiger partial charge in [-0.2, -0.15) is 0 Å². The van der Waals surface area contributed by atoms with Gasteiger partial charge in [-0.1, -0.05) is 6.07 Å². The highest BCUT2D eigenvalue weighted by atomic mass is 16.5. The molecule has 0 amide bonds. The molecule has 3 aromatic rings. The van der Waals surface area contributed by atoms with Gasteiger partial charge in [-0.15, -0.1) is 0 Å². The van der Waals surface area contributed by atoms with Crippen molar-refractivity contribution in [3.8, 4) is 11.5 Å². The minimum Gasteiger partial charge on any atom is -0.497 e. The van der Waals surface area contributed by atoms with E-state index in [0.29, 0.717) is 22.3 Å². The molecule has 0 atom stereocenters. The molecule has 0 spiro atoms. The number of hydrogen-bond acceptors (Lipinski definition) is 7. The van der Waals surface area contributed by atoms with E-state index in [0.717, 1.165) is 5.56 Å². The lowest BCUT2D eigenvalue weighted by molar-refractivity contribution is -0.139. The van der Waals surface area contributed by atoms with Gasteiger partial charge in [0.1, 0.15) is 17.1 Å². The lowest BCUT2D eigenvalue weighted by atomic mass is 10.0. The van der Waals surface area contributed by atoms with E-state index in [2.05, 4.69) is 4.74 Å². The third-order valence-corrected chi connectivity index (χ3v) is 4.54. The lowest BCUT2D eigenvalue weighted by Gasteiger charge is -2.13. The molecular formula is C22H20O7. The molecule has 2 aromatic carbocycles. The highest BCUT2D eigenvalue weighted by molar-refractivity contribution is 5.96. The summed E-state index contributed by atoms with van der Waals surface area (Å²) in [6, 6.07) is 9.93. The van der Waals surface area contributed by atoms with Gasteiger partial charge in [-0.05, 0) is 55.3 Å². The number of fused-ring (bicyclic) bond motifs is 1. The smallest absolute Gasteiger partial charge is 0.343 e. The Labute approximate surface area is 166 Å². The first kappa shape index (κ1) is 20.1. The number of carbonyl (C=O) groups excluding carboxylic acids is 2. The van der Waals surface area contributed by atoms with Crippen molar-refractivity contribution in [3.05, 3.63) is 69.1 Å². The zero-order valence-corrected chi connectivity index (χ0v) is 16.5. The van der Waals surface area contributed by atoms with Crippen LogP contribution in [0.2, 0.25) is 0 Å². The van der Waals surface area contributed by atoms with Gasteiger partial charge in [-0.25, -0.2) is 9.59 Å². The molecule has 0 fully saturated rings. The molecule has 0 radical (unpaired) electrons. The van der Waals surface area contributed by atoms with Gasteiger partial charge in [-0.3, -0.25) is 4.79 Å².